The average Bonchev–Trinajstić information content (AvgIpc) is 3.71. The smallest absolute Gasteiger partial charge is 0.135 e. The summed E-state index contributed by atoms with van der Waals surface area (Å²) in [6.45, 7) is 10.9. The van der Waals surface area contributed by atoms with Crippen LogP contribution in [-0.2, 0) is 26.5 Å². The van der Waals surface area contributed by atoms with Crippen molar-refractivity contribution in [2.75, 3.05) is 11.9 Å². The molecule has 230 valence electrons. The number of para-hydroxylation sites is 1. The third kappa shape index (κ3) is 4.45. The summed E-state index contributed by atoms with van der Waals surface area (Å²) < 4.78 is 33.6. The molecule has 3 fully saturated rings. The summed E-state index contributed by atoms with van der Waals surface area (Å²) in [7, 11) is 0. The minimum atomic E-state index is -2.20. The Kier molecular flexibility index (Phi) is 6.21. The monoisotopic (exact) mass is 765 g/mol. The van der Waals surface area contributed by atoms with Crippen molar-refractivity contribution in [2.45, 2.75) is 65.0 Å². The molecule has 5 nitrogen and oxygen atoms in total. The maximum atomic E-state index is 8.32. The number of benzene rings is 3. The summed E-state index contributed by atoms with van der Waals surface area (Å²) in [5, 5.41) is 2.20. The molecular formula is C38H39N4OPt-3. The zero-order valence-electron chi connectivity index (χ0n) is 28.7. The number of pyridine rings is 1. The predicted octanol–water partition coefficient (Wildman–Crippen LogP) is 8.54. The molecule has 4 atom stereocenters. The number of ether oxygens (including phenoxy) is 1. The summed E-state index contributed by atoms with van der Waals surface area (Å²) in [6, 6.07) is 29.6. The molecule has 5 aromatic rings. The molecule has 1 saturated heterocycles. The molecule has 3 aromatic carbocycles. The van der Waals surface area contributed by atoms with Crippen LogP contribution in [0.2, 0.25) is 0 Å². The van der Waals surface area contributed by atoms with Crippen molar-refractivity contribution >= 4 is 27.5 Å². The average molecular weight is 766 g/mol. The van der Waals surface area contributed by atoms with E-state index in [0.29, 0.717) is 23.3 Å². The van der Waals surface area contributed by atoms with E-state index in [1.165, 1.54) is 5.56 Å². The van der Waals surface area contributed by atoms with Crippen LogP contribution >= 0.6 is 0 Å². The Morgan fingerprint density at radius 3 is 2.50 bits per heavy atom. The first-order chi connectivity index (χ1) is 21.8. The second-order valence-corrected chi connectivity index (χ2v) is 14.1. The van der Waals surface area contributed by atoms with Gasteiger partial charge in [-0.25, -0.2) is 4.98 Å². The van der Waals surface area contributed by atoms with Crippen molar-refractivity contribution in [1.82, 2.24) is 14.5 Å². The Hall–Kier alpha value is -3.14. The fourth-order valence-electron chi connectivity index (χ4n) is 8.25. The topological polar surface area (TPSA) is 33.5 Å². The number of likely N-dealkylation sites (N-methyl/N-ethyl adjacent to an activating group) is 1. The number of hydrogen-bond donors (Lipinski definition) is 0. The van der Waals surface area contributed by atoms with Gasteiger partial charge in [-0.2, -0.15) is 24.9 Å². The molecule has 6 heteroatoms. The van der Waals surface area contributed by atoms with Gasteiger partial charge in [0, 0.05) is 60.5 Å². The zero-order valence-corrected chi connectivity index (χ0v) is 28.0. The van der Waals surface area contributed by atoms with Crippen LogP contribution in [0.5, 0.6) is 11.5 Å². The first-order valence-electron chi connectivity index (χ1n) is 16.9. The largest absolute Gasteiger partial charge is 0.525 e. The quantitative estimate of drug-likeness (QED) is 0.172. The van der Waals surface area contributed by atoms with Crippen molar-refractivity contribution in [2.24, 2.45) is 17.3 Å². The van der Waals surface area contributed by atoms with Crippen LogP contribution in [0.4, 0.5) is 5.69 Å². The Balaban J connectivity index is 0.00000351. The fourth-order valence-corrected chi connectivity index (χ4v) is 8.25. The van der Waals surface area contributed by atoms with Crippen LogP contribution in [0.3, 0.4) is 0 Å². The molecule has 2 bridgehead atoms. The van der Waals surface area contributed by atoms with E-state index >= 15 is 0 Å². The van der Waals surface area contributed by atoms with Crippen molar-refractivity contribution in [3.05, 3.63) is 97.3 Å². The van der Waals surface area contributed by atoms with Crippen molar-refractivity contribution in [3.63, 3.8) is 0 Å². The molecule has 0 spiro atoms. The maximum Gasteiger partial charge on any atom is 0.135 e. The first kappa shape index (κ1) is 26.1. The fraction of sp³-hybridized carbons (Fsp3) is 0.368. The summed E-state index contributed by atoms with van der Waals surface area (Å²) in [6.07, 6.45) is 4.07. The van der Waals surface area contributed by atoms with E-state index in [1.807, 2.05) is 43.2 Å². The van der Waals surface area contributed by atoms with Gasteiger partial charge < -0.3 is 19.1 Å². The minimum absolute atomic E-state index is 0. The van der Waals surface area contributed by atoms with Crippen LogP contribution < -0.4 is 9.64 Å². The van der Waals surface area contributed by atoms with E-state index in [4.69, 9.17) is 13.8 Å². The summed E-state index contributed by atoms with van der Waals surface area (Å²) >= 11 is 0. The molecule has 4 unspecified atom stereocenters. The standard InChI is InChI=1S/C38H39N4O.Pt/c1-37(2,3)24-18-19-39-34(20-24)42-32-13-8-7-12-28(32)29-15-14-27(22-33(29)42)43-26-11-9-10-25(21-26)41-23-40(6)35-30-16-17-31(36(35)41)38(30,4)5;/h7-15,18-20,23,30-31,35-36H,16-17H2,1-6H3;/q-3;/i6D3;. The molecular weight excluding hydrogens is 724 g/mol. The van der Waals surface area contributed by atoms with Crippen molar-refractivity contribution in [1.29, 1.82) is 0 Å². The van der Waals surface area contributed by atoms with Crippen LogP contribution in [0.15, 0.2) is 72.9 Å². The molecule has 0 radical (unpaired) electrons. The van der Waals surface area contributed by atoms with Crippen LogP contribution in [-0.4, -0.2) is 33.5 Å². The molecule has 2 aromatic heterocycles. The summed E-state index contributed by atoms with van der Waals surface area (Å²) in [4.78, 5) is 8.56. The van der Waals surface area contributed by atoms with Crippen LogP contribution in [0, 0.1) is 36.1 Å². The third-order valence-electron chi connectivity index (χ3n) is 10.4. The Morgan fingerprint density at radius 1 is 0.932 bits per heavy atom. The van der Waals surface area contributed by atoms with E-state index < -0.39 is 6.98 Å². The number of hydrogen-bond acceptors (Lipinski definition) is 4. The predicted molar refractivity (Wildman–Crippen MR) is 174 cm³/mol. The van der Waals surface area contributed by atoms with Gasteiger partial charge in [0.05, 0.1) is 0 Å². The van der Waals surface area contributed by atoms with E-state index in [9.17, 15) is 0 Å². The van der Waals surface area contributed by atoms with E-state index in [0.717, 1.165) is 46.2 Å². The van der Waals surface area contributed by atoms with Gasteiger partial charge in [0.15, 0.2) is 0 Å². The van der Waals surface area contributed by atoms with Gasteiger partial charge in [-0.1, -0.05) is 58.3 Å². The molecule has 3 aliphatic rings. The first-order valence-corrected chi connectivity index (χ1v) is 15.4. The molecule has 44 heavy (non-hydrogen) atoms. The normalized spacial score (nSPS) is 25.5. The maximum absolute atomic E-state index is 8.32. The number of fused-ring (bicyclic) bond motifs is 8. The number of rotatable bonds is 4. The Bertz CT molecular complexity index is 1980. The molecule has 8 rings (SSSR count). The van der Waals surface area contributed by atoms with Gasteiger partial charge in [-0.15, -0.1) is 35.3 Å². The van der Waals surface area contributed by atoms with Gasteiger partial charge in [0.25, 0.3) is 0 Å². The van der Waals surface area contributed by atoms with Gasteiger partial charge in [-0.3, -0.25) is 0 Å². The van der Waals surface area contributed by atoms with Gasteiger partial charge >= 0.3 is 0 Å². The Morgan fingerprint density at radius 2 is 1.70 bits per heavy atom. The summed E-state index contributed by atoms with van der Waals surface area (Å²) in [5.74, 6) is 2.73. The number of anilines is 1. The third-order valence-corrected chi connectivity index (χ3v) is 10.4. The molecule has 2 saturated carbocycles. The van der Waals surface area contributed by atoms with Crippen LogP contribution in [0.1, 0.15) is 57.1 Å². The second kappa shape index (κ2) is 10.5. The van der Waals surface area contributed by atoms with E-state index in [1.54, 1.807) is 4.90 Å². The van der Waals surface area contributed by atoms with Crippen molar-refractivity contribution in [3.8, 4) is 17.3 Å². The molecule has 2 aliphatic carbocycles. The molecule has 0 N–H and O–H groups in total. The second-order valence-electron chi connectivity index (χ2n) is 14.1. The van der Waals surface area contributed by atoms with E-state index in [-0.39, 0.29) is 44.0 Å². The van der Waals surface area contributed by atoms with Gasteiger partial charge in [0.1, 0.15) is 5.82 Å². The molecule has 0 amide bonds. The van der Waals surface area contributed by atoms with E-state index in [2.05, 4.69) is 92.6 Å². The number of nitrogens with zero attached hydrogens (tertiary/aromatic N) is 4. The SMILES string of the molecule is [2H]C([2H])([2H])N1[CH-]N(c2[c-]c(Oc3[c-]c4c(cc3)c3ccccc3n4-c3cc(C(C)(C)C)ccn3)ccc2)C2C1C1CCC2C1(C)C.[Pt]. The Labute approximate surface area is 279 Å². The van der Waals surface area contributed by atoms with Gasteiger partial charge in [0.2, 0.25) is 0 Å². The molecule has 3 heterocycles. The minimum Gasteiger partial charge on any atom is -0.525 e. The zero-order chi connectivity index (χ0) is 32.2. The molecule has 1 aliphatic heterocycles. The van der Waals surface area contributed by atoms with Crippen molar-refractivity contribution < 1.29 is 29.9 Å². The number of aromatic nitrogens is 2. The summed E-state index contributed by atoms with van der Waals surface area (Å²) in [5.41, 5.74) is 4.05. The van der Waals surface area contributed by atoms with Crippen LogP contribution in [0.25, 0.3) is 27.6 Å². The van der Waals surface area contributed by atoms with Gasteiger partial charge in [-0.05, 0) is 71.6 Å².